The van der Waals surface area contributed by atoms with Gasteiger partial charge in [-0.15, -0.1) is 0 Å². The zero-order valence-corrected chi connectivity index (χ0v) is 21.0. The maximum atomic E-state index is 12.8. The van der Waals surface area contributed by atoms with Gasteiger partial charge in [0.15, 0.2) is 23.9 Å². The molecule has 0 aliphatic carbocycles. The highest BCUT2D eigenvalue weighted by molar-refractivity contribution is 8.18. The highest BCUT2D eigenvalue weighted by Crippen LogP contribution is 2.34. The molecule has 3 amide bonds. The molecule has 0 spiro atoms. The van der Waals surface area contributed by atoms with Crippen molar-refractivity contribution in [2.75, 3.05) is 46.6 Å². The van der Waals surface area contributed by atoms with Gasteiger partial charge in [-0.3, -0.25) is 24.1 Å². The molecule has 0 aromatic heterocycles. The fraction of sp³-hybridized carbons (Fsp3) is 0.280. The number of amides is 3. The molecule has 0 radical (unpaired) electrons. The number of halogens is 1. The van der Waals surface area contributed by atoms with E-state index in [0.29, 0.717) is 54.0 Å². The highest BCUT2D eigenvalue weighted by atomic mass is 35.5. The molecule has 2 aromatic rings. The maximum absolute atomic E-state index is 12.8. The molecule has 0 atom stereocenters. The largest absolute Gasteiger partial charge is 0.493 e. The van der Waals surface area contributed by atoms with Gasteiger partial charge in [-0.1, -0.05) is 17.7 Å². The normalized spacial score (nSPS) is 17.0. The van der Waals surface area contributed by atoms with Crippen molar-refractivity contribution in [3.05, 3.63) is 63.5 Å². The fourth-order valence-electron chi connectivity index (χ4n) is 3.60. The molecule has 36 heavy (non-hydrogen) atoms. The summed E-state index contributed by atoms with van der Waals surface area (Å²) in [6.45, 7) is 1.55. The van der Waals surface area contributed by atoms with Gasteiger partial charge in [0.25, 0.3) is 17.1 Å². The molecule has 4 rings (SSSR count). The van der Waals surface area contributed by atoms with Crippen LogP contribution >= 0.6 is 23.4 Å². The third kappa shape index (κ3) is 6.07. The number of thioether (sulfide) groups is 1. The molecular formula is C25H23ClN2O7S. The number of carbonyl (C=O) groups excluding carboxylic acids is 4. The summed E-state index contributed by atoms with van der Waals surface area (Å²) in [5, 5.41) is -0.0432. The molecule has 2 saturated heterocycles. The number of benzene rings is 2. The van der Waals surface area contributed by atoms with Crippen LogP contribution in [0, 0.1) is 0 Å². The van der Waals surface area contributed by atoms with Crippen molar-refractivity contribution in [1.82, 2.24) is 9.80 Å². The van der Waals surface area contributed by atoms with E-state index in [1.807, 2.05) is 0 Å². The molecule has 9 nitrogen and oxygen atoms in total. The summed E-state index contributed by atoms with van der Waals surface area (Å²) in [6, 6.07) is 11.2. The average Bonchev–Trinajstić information content (AvgIpc) is 3.15. The second-order valence-corrected chi connectivity index (χ2v) is 9.32. The minimum absolute atomic E-state index is 0.143. The van der Waals surface area contributed by atoms with E-state index in [-0.39, 0.29) is 29.7 Å². The molecule has 0 bridgehead atoms. The minimum atomic E-state index is -0.553. The van der Waals surface area contributed by atoms with Crippen molar-refractivity contribution in [1.29, 1.82) is 0 Å². The number of imide groups is 1. The number of carbonyl (C=O) groups is 4. The van der Waals surface area contributed by atoms with E-state index in [1.165, 1.54) is 7.11 Å². The number of nitrogens with zero attached hydrogens (tertiary/aromatic N) is 2. The molecule has 2 aliphatic rings. The van der Waals surface area contributed by atoms with Crippen LogP contribution in [0.4, 0.5) is 4.79 Å². The number of hydrogen-bond donors (Lipinski definition) is 0. The first-order chi connectivity index (χ1) is 17.4. The van der Waals surface area contributed by atoms with Gasteiger partial charge < -0.3 is 19.1 Å². The lowest BCUT2D eigenvalue weighted by Crippen LogP contribution is -2.43. The number of morpholine rings is 1. The van der Waals surface area contributed by atoms with Gasteiger partial charge in [0.2, 0.25) is 0 Å². The van der Waals surface area contributed by atoms with Crippen LogP contribution in [0.15, 0.2) is 47.4 Å². The van der Waals surface area contributed by atoms with E-state index in [4.69, 9.17) is 25.8 Å². The summed E-state index contributed by atoms with van der Waals surface area (Å²) in [4.78, 5) is 52.9. The van der Waals surface area contributed by atoms with E-state index in [1.54, 1.807) is 53.4 Å². The SMILES string of the molecule is COc1cc(/C=C2\SC(=O)N(CC(=O)c3ccc(Cl)cc3)C2=O)ccc1OCC(=O)N1CCOCC1. The lowest BCUT2D eigenvalue weighted by atomic mass is 10.1. The van der Waals surface area contributed by atoms with Crippen LogP contribution in [-0.2, 0) is 14.3 Å². The lowest BCUT2D eigenvalue weighted by Gasteiger charge is -2.26. The zero-order valence-electron chi connectivity index (χ0n) is 19.4. The Morgan fingerprint density at radius 2 is 1.81 bits per heavy atom. The predicted molar refractivity (Wildman–Crippen MR) is 134 cm³/mol. The van der Waals surface area contributed by atoms with Gasteiger partial charge in [0.1, 0.15) is 0 Å². The van der Waals surface area contributed by atoms with Crippen molar-refractivity contribution < 1.29 is 33.4 Å². The molecule has 2 aliphatic heterocycles. The summed E-state index contributed by atoms with van der Waals surface area (Å²) < 4.78 is 16.3. The van der Waals surface area contributed by atoms with Gasteiger partial charge in [0.05, 0.1) is 31.8 Å². The van der Waals surface area contributed by atoms with E-state index in [0.717, 1.165) is 16.7 Å². The van der Waals surface area contributed by atoms with E-state index in [9.17, 15) is 19.2 Å². The summed E-state index contributed by atoms with van der Waals surface area (Å²) in [6.07, 6.45) is 1.54. The molecule has 2 fully saturated rings. The average molecular weight is 531 g/mol. The van der Waals surface area contributed by atoms with Crippen LogP contribution in [0.2, 0.25) is 5.02 Å². The standard InChI is InChI=1S/C25H23ClN2O7S/c1-33-21-12-16(2-7-20(21)35-15-23(30)27-8-10-34-11-9-27)13-22-24(31)28(25(32)36-22)14-19(29)17-3-5-18(26)6-4-17/h2-7,12-13H,8-11,14-15H2,1H3/b22-13-. The first kappa shape index (κ1) is 25.7. The maximum Gasteiger partial charge on any atom is 0.293 e. The second-order valence-electron chi connectivity index (χ2n) is 7.89. The van der Waals surface area contributed by atoms with Crippen LogP contribution in [0.1, 0.15) is 15.9 Å². The summed E-state index contributed by atoms with van der Waals surface area (Å²) in [5.74, 6) is -0.326. The molecule has 2 heterocycles. The third-order valence-corrected chi connectivity index (χ3v) is 6.70. The Balaban J connectivity index is 1.42. The van der Waals surface area contributed by atoms with Crippen LogP contribution in [-0.4, -0.2) is 79.2 Å². The number of ketones is 1. The van der Waals surface area contributed by atoms with Gasteiger partial charge in [-0.2, -0.15) is 0 Å². The van der Waals surface area contributed by atoms with E-state index < -0.39 is 11.1 Å². The quantitative estimate of drug-likeness (QED) is 0.377. The number of Topliss-reactive ketones (excluding diaryl/α,β-unsaturated/α-hetero) is 1. The molecule has 2 aromatic carbocycles. The van der Waals surface area contributed by atoms with Crippen LogP contribution < -0.4 is 9.47 Å². The van der Waals surface area contributed by atoms with Gasteiger partial charge in [0, 0.05) is 23.7 Å². The fourth-order valence-corrected chi connectivity index (χ4v) is 4.56. The molecule has 188 valence electrons. The Bertz CT molecular complexity index is 1210. The minimum Gasteiger partial charge on any atom is -0.493 e. The summed E-state index contributed by atoms with van der Waals surface area (Å²) >= 11 is 6.60. The lowest BCUT2D eigenvalue weighted by molar-refractivity contribution is -0.137. The summed E-state index contributed by atoms with van der Waals surface area (Å²) in [7, 11) is 1.46. The van der Waals surface area contributed by atoms with Crippen molar-refractivity contribution in [2.45, 2.75) is 0 Å². The second kappa shape index (κ2) is 11.6. The van der Waals surface area contributed by atoms with Crippen LogP contribution in [0.3, 0.4) is 0 Å². The Kier molecular flexibility index (Phi) is 8.29. The van der Waals surface area contributed by atoms with E-state index in [2.05, 4.69) is 0 Å². The molecular weight excluding hydrogens is 508 g/mol. The smallest absolute Gasteiger partial charge is 0.293 e. The number of ether oxygens (including phenoxy) is 3. The zero-order chi connectivity index (χ0) is 25.7. The van der Waals surface area contributed by atoms with Crippen molar-refractivity contribution in [3.63, 3.8) is 0 Å². The van der Waals surface area contributed by atoms with Crippen LogP contribution in [0.5, 0.6) is 11.5 Å². The van der Waals surface area contributed by atoms with Crippen molar-refractivity contribution >= 4 is 52.3 Å². The number of methoxy groups -OCH3 is 1. The van der Waals surface area contributed by atoms with Crippen molar-refractivity contribution in [3.8, 4) is 11.5 Å². The summed E-state index contributed by atoms with van der Waals surface area (Å²) in [5.41, 5.74) is 0.947. The molecule has 0 unspecified atom stereocenters. The number of rotatable bonds is 8. The van der Waals surface area contributed by atoms with Gasteiger partial charge in [-0.05, 0) is 59.8 Å². The number of hydrogen-bond acceptors (Lipinski definition) is 8. The van der Waals surface area contributed by atoms with Crippen molar-refractivity contribution in [2.24, 2.45) is 0 Å². The van der Waals surface area contributed by atoms with E-state index >= 15 is 0 Å². The Morgan fingerprint density at radius 3 is 2.50 bits per heavy atom. The molecule has 0 N–H and O–H groups in total. The Labute approximate surface area is 216 Å². The predicted octanol–water partition coefficient (Wildman–Crippen LogP) is 3.51. The first-order valence-electron chi connectivity index (χ1n) is 11.1. The monoisotopic (exact) mass is 530 g/mol. The highest BCUT2D eigenvalue weighted by Gasteiger charge is 2.36. The Hall–Kier alpha value is -3.34. The topological polar surface area (TPSA) is 102 Å². The first-order valence-corrected chi connectivity index (χ1v) is 12.3. The molecule has 0 saturated carbocycles. The third-order valence-electron chi connectivity index (χ3n) is 5.54. The Morgan fingerprint density at radius 1 is 1.08 bits per heavy atom. The molecule has 11 heteroatoms. The van der Waals surface area contributed by atoms with Gasteiger partial charge in [-0.25, -0.2) is 0 Å². The van der Waals surface area contributed by atoms with Gasteiger partial charge >= 0.3 is 0 Å². The van der Waals surface area contributed by atoms with Crippen LogP contribution in [0.25, 0.3) is 6.08 Å².